The molecular weight excluding hydrogens is 238 g/mol. The Morgan fingerprint density at radius 2 is 1.95 bits per heavy atom. The highest BCUT2D eigenvalue weighted by molar-refractivity contribution is 5.89. The summed E-state index contributed by atoms with van der Waals surface area (Å²) in [6, 6.07) is 7.85. The van der Waals surface area contributed by atoms with Crippen molar-refractivity contribution in [1.82, 2.24) is 5.32 Å². The van der Waals surface area contributed by atoms with Gasteiger partial charge in [0.15, 0.2) is 0 Å². The highest BCUT2D eigenvalue weighted by atomic mass is 16.6. The lowest BCUT2D eigenvalue weighted by Crippen LogP contribution is -2.28. The van der Waals surface area contributed by atoms with E-state index in [-0.39, 0.29) is 5.97 Å². The largest absolute Gasteiger partial charge is 0.456 e. The zero-order valence-corrected chi connectivity index (χ0v) is 12.0. The van der Waals surface area contributed by atoms with Gasteiger partial charge in [0.05, 0.1) is 5.56 Å². The Labute approximate surface area is 115 Å². The molecule has 0 radical (unpaired) electrons. The molecule has 1 aromatic carbocycles. The van der Waals surface area contributed by atoms with Crippen LogP contribution in [-0.2, 0) is 4.74 Å². The van der Waals surface area contributed by atoms with E-state index in [1.54, 1.807) is 0 Å². The predicted molar refractivity (Wildman–Crippen MR) is 76.5 cm³/mol. The van der Waals surface area contributed by atoms with Crippen LogP contribution in [0.5, 0.6) is 0 Å². The third kappa shape index (κ3) is 4.06. The molecule has 3 nitrogen and oxygen atoms in total. The van der Waals surface area contributed by atoms with Gasteiger partial charge >= 0.3 is 5.97 Å². The van der Waals surface area contributed by atoms with E-state index in [1.165, 1.54) is 18.4 Å². The Morgan fingerprint density at radius 3 is 2.47 bits per heavy atom. The first-order valence-corrected chi connectivity index (χ1v) is 7.00. The van der Waals surface area contributed by atoms with Gasteiger partial charge in [-0.15, -0.1) is 0 Å². The number of rotatable bonds is 2. The van der Waals surface area contributed by atoms with Gasteiger partial charge in [-0.05, 0) is 63.8 Å². The van der Waals surface area contributed by atoms with Crippen LogP contribution in [0.3, 0.4) is 0 Å². The number of piperidine rings is 1. The Morgan fingerprint density at radius 1 is 1.26 bits per heavy atom. The Kier molecular flexibility index (Phi) is 4.25. The van der Waals surface area contributed by atoms with Crippen molar-refractivity contribution in [3.8, 4) is 0 Å². The summed E-state index contributed by atoms with van der Waals surface area (Å²) in [4.78, 5) is 11.9. The van der Waals surface area contributed by atoms with Crippen LogP contribution in [0.1, 0.15) is 55.5 Å². The first-order valence-electron chi connectivity index (χ1n) is 7.00. The van der Waals surface area contributed by atoms with Gasteiger partial charge in [-0.1, -0.05) is 12.1 Å². The number of carbonyl (C=O) groups is 1. The van der Waals surface area contributed by atoms with E-state index in [0.717, 1.165) is 13.1 Å². The van der Waals surface area contributed by atoms with Crippen LogP contribution >= 0.6 is 0 Å². The smallest absolute Gasteiger partial charge is 0.338 e. The van der Waals surface area contributed by atoms with Crippen molar-refractivity contribution in [3.05, 3.63) is 35.4 Å². The molecule has 1 aliphatic rings. The number of hydrogen-bond donors (Lipinski definition) is 1. The topological polar surface area (TPSA) is 38.3 Å². The molecule has 1 unspecified atom stereocenters. The lowest BCUT2D eigenvalue weighted by Gasteiger charge is -2.23. The molecule has 1 fully saturated rings. The standard InChI is InChI=1S/C16H23NO2/c1-16(2,3)19-15(18)13-8-6-12(7-9-13)14-5-4-10-17-11-14/h6-9,14,17H,4-5,10-11H2,1-3H3. The molecule has 0 aromatic heterocycles. The van der Waals surface area contributed by atoms with E-state index in [2.05, 4.69) is 17.4 Å². The van der Waals surface area contributed by atoms with Crippen molar-refractivity contribution in [3.63, 3.8) is 0 Å². The molecule has 0 bridgehead atoms. The lowest BCUT2D eigenvalue weighted by molar-refractivity contribution is 0.00695. The van der Waals surface area contributed by atoms with Gasteiger partial charge in [0.25, 0.3) is 0 Å². The zero-order chi connectivity index (χ0) is 13.9. The van der Waals surface area contributed by atoms with Crippen molar-refractivity contribution in [2.24, 2.45) is 0 Å². The second kappa shape index (κ2) is 5.74. The van der Waals surface area contributed by atoms with E-state index in [0.29, 0.717) is 11.5 Å². The molecule has 0 amide bonds. The maximum Gasteiger partial charge on any atom is 0.338 e. The lowest BCUT2D eigenvalue weighted by atomic mass is 9.91. The normalized spacial score (nSPS) is 20.1. The summed E-state index contributed by atoms with van der Waals surface area (Å²) >= 11 is 0. The first-order chi connectivity index (χ1) is 8.96. The van der Waals surface area contributed by atoms with Crippen LogP contribution in [0.2, 0.25) is 0 Å². The molecule has 104 valence electrons. The molecule has 1 heterocycles. The molecule has 1 aliphatic heterocycles. The van der Waals surface area contributed by atoms with Crippen molar-refractivity contribution < 1.29 is 9.53 Å². The predicted octanol–water partition coefficient (Wildman–Crippen LogP) is 3.11. The minimum atomic E-state index is -0.441. The molecule has 1 atom stereocenters. The molecular formula is C16H23NO2. The number of benzene rings is 1. The highest BCUT2D eigenvalue weighted by Gasteiger charge is 2.19. The Bertz CT molecular complexity index is 425. The fraction of sp³-hybridized carbons (Fsp3) is 0.562. The summed E-state index contributed by atoms with van der Waals surface area (Å²) in [7, 11) is 0. The van der Waals surface area contributed by atoms with Crippen molar-refractivity contribution in [2.75, 3.05) is 13.1 Å². The van der Waals surface area contributed by atoms with E-state index >= 15 is 0 Å². The third-order valence-electron chi connectivity index (χ3n) is 3.31. The summed E-state index contributed by atoms with van der Waals surface area (Å²) in [5.41, 5.74) is 1.49. The molecule has 0 saturated carbocycles. The van der Waals surface area contributed by atoms with Gasteiger partial charge in [0, 0.05) is 6.54 Å². The highest BCUT2D eigenvalue weighted by Crippen LogP contribution is 2.23. The Hall–Kier alpha value is -1.35. The summed E-state index contributed by atoms with van der Waals surface area (Å²) in [5.74, 6) is 0.322. The monoisotopic (exact) mass is 261 g/mol. The number of nitrogens with one attached hydrogen (secondary N) is 1. The van der Waals surface area contributed by atoms with E-state index in [9.17, 15) is 4.79 Å². The number of carbonyl (C=O) groups excluding carboxylic acids is 1. The van der Waals surface area contributed by atoms with Crippen molar-refractivity contribution >= 4 is 5.97 Å². The fourth-order valence-electron chi connectivity index (χ4n) is 2.36. The minimum Gasteiger partial charge on any atom is -0.456 e. The zero-order valence-electron chi connectivity index (χ0n) is 12.0. The number of esters is 1. The van der Waals surface area contributed by atoms with Crippen molar-refractivity contribution in [2.45, 2.75) is 45.1 Å². The molecule has 3 heteroatoms. The second-order valence-corrected chi connectivity index (χ2v) is 6.17. The van der Waals surface area contributed by atoms with Gasteiger partial charge in [0.1, 0.15) is 5.60 Å². The molecule has 1 aromatic rings. The summed E-state index contributed by atoms with van der Waals surface area (Å²) in [6.07, 6.45) is 2.44. The minimum absolute atomic E-state index is 0.249. The summed E-state index contributed by atoms with van der Waals surface area (Å²) in [5, 5.41) is 3.41. The number of ether oxygens (including phenoxy) is 1. The molecule has 1 saturated heterocycles. The average molecular weight is 261 g/mol. The first kappa shape index (κ1) is 14.1. The fourth-order valence-corrected chi connectivity index (χ4v) is 2.36. The van der Waals surface area contributed by atoms with Crippen LogP contribution in [-0.4, -0.2) is 24.7 Å². The molecule has 1 N–H and O–H groups in total. The third-order valence-corrected chi connectivity index (χ3v) is 3.31. The van der Waals surface area contributed by atoms with Crippen LogP contribution < -0.4 is 5.32 Å². The van der Waals surface area contributed by atoms with Crippen LogP contribution in [0, 0.1) is 0 Å². The average Bonchev–Trinajstić information content (AvgIpc) is 2.38. The van der Waals surface area contributed by atoms with Gasteiger partial charge in [-0.2, -0.15) is 0 Å². The van der Waals surface area contributed by atoms with Gasteiger partial charge in [-0.3, -0.25) is 0 Å². The van der Waals surface area contributed by atoms with Crippen molar-refractivity contribution in [1.29, 1.82) is 0 Å². The molecule has 0 spiro atoms. The summed E-state index contributed by atoms with van der Waals surface area (Å²) in [6.45, 7) is 7.80. The van der Waals surface area contributed by atoms with Gasteiger partial charge in [0.2, 0.25) is 0 Å². The van der Waals surface area contributed by atoms with Crippen LogP contribution in [0.4, 0.5) is 0 Å². The number of hydrogen-bond acceptors (Lipinski definition) is 3. The van der Waals surface area contributed by atoms with E-state index in [4.69, 9.17) is 4.74 Å². The molecule has 19 heavy (non-hydrogen) atoms. The van der Waals surface area contributed by atoms with E-state index in [1.807, 2.05) is 32.9 Å². The van der Waals surface area contributed by atoms with Gasteiger partial charge < -0.3 is 10.1 Å². The van der Waals surface area contributed by atoms with Gasteiger partial charge in [-0.25, -0.2) is 4.79 Å². The summed E-state index contributed by atoms with van der Waals surface area (Å²) < 4.78 is 5.36. The molecule has 2 rings (SSSR count). The van der Waals surface area contributed by atoms with Crippen LogP contribution in [0.15, 0.2) is 24.3 Å². The van der Waals surface area contributed by atoms with E-state index < -0.39 is 5.60 Å². The molecule has 0 aliphatic carbocycles. The SMILES string of the molecule is CC(C)(C)OC(=O)c1ccc(C2CCCNC2)cc1. The van der Waals surface area contributed by atoms with Crippen LogP contribution in [0.25, 0.3) is 0 Å². The maximum atomic E-state index is 11.9. The second-order valence-electron chi connectivity index (χ2n) is 6.17. The quantitative estimate of drug-likeness (QED) is 0.831. The Balaban J connectivity index is 2.03. The maximum absolute atomic E-state index is 11.9.